The van der Waals surface area contributed by atoms with Gasteiger partial charge in [-0.25, -0.2) is 4.39 Å². The standard InChI is InChI=1S/C25H21ClFN5O/c1-15(31-24(29-3)23-20(28-2)10-7-13-30-23)21-14-17-19(27)12-11-18(26)22(17)25(33)32(21)16-8-5-4-6-9-16/h4-15H,2H2,1,3H3,(H,29,31)/t15-/m0/s1. The van der Waals surface area contributed by atoms with Crippen LogP contribution in [0.15, 0.2) is 81.6 Å². The fourth-order valence-corrected chi connectivity index (χ4v) is 4.00. The first-order valence-corrected chi connectivity index (χ1v) is 10.6. The summed E-state index contributed by atoms with van der Waals surface area (Å²) in [6.07, 6.45) is 1.63. The molecule has 0 saturated carbocycles. The minimum atomic E-state index is -0.521. The average molecular weight is 462 g/mol. The molecule has 2 aromatic heterocycles. The molecule has 1 atom stereocenters. The van der Waals surface area contributed by atoms with Gasteiger partial charge in [-0.3, -0.25) is 24.3 Å². The molecule has 0 spiro atoms. The molecule has 0 saturated heterocycles. The van der Waals surface area contributed by atoms with Gasteiger partial charge in [0.2, 0.25) is 0 Å². The van der Waals surface area contributed by atoms with E-state index in [-0.39, 0.29) is 15.8 Å². The maximum absolute atomic E-state index is 14.7. The van der Waals surface area contributed by atoms with Crippen molar-refractivity contribution in [2.24, 2.45) is 9.98 Å². The van der Waals surface area contributed by atoms with Crippen LogP contribution in [0.2, 0.25) is 5.02 Å². The van der Waals surface area contributed by atoms with Gasteiger partial charge in [0.1, 0.15) is 17.3 Å². The van der Waals surface area contributed by atoms with Crippen LogP contribution < -0.4 is 10.9 Å². The zero-order chi connectivity index (χ0) is 23.5. The number of nitrogens with one attached hydrogen (secondary N) is 1. The third-order valence-electron chi connectivity index (χ3n) is 5.32. The largest absolute Gasteiger partial charge is 0.360 e. The lowest BCUT2D eigenvalue weighted by atomic mass is 10.1. The van der Waals surface area contributed by atoms with E-state index in [4.69, 9.17) is 11.6 Å². The molecule has 2 heterocycles. The third kappa shape index (κ3) is 4.15. The minimum Gasteiger partial charge on any atom is -0.360 e. The monoisotopic (exact) mass is 461 g/mol. The molecule has 6 nitrogen and oxygen atoms in total. The highest BCUT2D eigenvalue weighted by molar-refractivity contribution is 6.35. The summed E-state index contributed by atoms with van der Waals surface area (Å²) >= 11 is 6.31. The van der Waals surface area contributed by atoms with E-state index in [1.54, 1.807) is 31.4 Å². The predicted molar refractivity (Wildman–Crippen MR) is 132 cm³/mol. The molecule has 0 aliphatic rings. The first-order valence-electron chi connectivity index (χ1n) is 10.2. The summed E-state index contributed by atoms with van der Waals surface area (Å²) in [4.78, 5) is 26.3. The molecule has 0 fully saturated rings. The van der Waals surface area contributed by atoms with Crippen LogP contribution in [0.25, 0.3) is 16.5 Å². The van der Waals surface area contributed by atoms with Gasteiger partial charge in [0.05, 0.1) is 22.1 Å². The lowest BCUT2D eigenvalue weighted by Gasteiger charge is -2.23. The van der Waals surface area contributed by atoms with Crippen LogP contribution in [0.3, 0.4) is 0 Å². The van der Waals surface area contributed by atoms with Crippen LogP contribution >= 0.6 is 11.6 Å². The normalized spacial score (nSPS) is 12.5. The van der Waals surface area contributed by atoms with Crippen molar-refractivity contribution in [1.29, 1.82) is 0 Å². The Morgan fingerprint density at radius 1 is 1.18 bits per heavy atom. The average Bonchev–Trinajstić information content (AvgIpc) is 2.84. The summed E-state index contributed by atoms with van der Waals surface area (Å²) in [5.41, 5.74) is 1.84. The first kappa shape index (κ1) is 22.4. The molecule has 0 amide bonds. The number of benzene rings is 2. The summed E-state index contributed by atoms with van der Waals surface area (Å²) in [6.45, 7) is 5.45. The molecule has 33 heavy (non-hydrogen) atoms. The fourth-order valence-electron chi connectivity index (χ4n) is 3.75. The summed E-state index contributed by atoms with van der Waals surface area (Å²) in [5.74, 6) is -0.0587. The van der Waals surface area contributed by atoms with Gasteiger partial charge >= 0.3 is 0 Å². The Hall–Kier alpha value is -3.84. The molecule has 0 bridgehead atoms. The van der Waals surface area contributed by atoms with Crippen LogP contribution in [0.5, 0.6) is 0 Å². The second-order valence-corrected chi connectivity index (χ2v) is 7.74. The fraction of sp³-hybridized carbons (Fsp3) is 0.120. The molecular formula is C25H21ClFN5O. The van der Waals surface area contributed by atoms with Crippen LogP contribution in [0.1, 0.15) is 24.4 Å². The molecule has 0 unspecified atom stereocenters. The van der Waals surface area contributed by atoms with Crippen molar-refractivity contribution in [2.45, 2.75) is 13.0 Å². The number of nitrogens with zero attached hydrogens (tertiary/aromatic N) is 4. The topological polar surface area (TPSA) is 71.6 Å². The van der Waals surface area contributed by atoms with Crippen LogP contribution in [0, 0.1) is 5.82 Å². The van der Waals surface area contributed by atoms with Crippen molar-refractivity contribution >= 4 is 40.6 Å². The molecule has 0 aliphatic carbocycles. The Labute approximate surface area is 195 Å². The summed E-state index contributed by atoms with van der Waals surface area (Å²) in [5, 5.41) is 3.77. The SMILES string of the molecule is C=Nc1cccnc1C(=NC)N[C@@H](C)c1cc2c(F)ccc(Cl)c2c(=O)n1-c1ccccc1. The zero-order valence-electron chi connectivity index (χ0n) is 18.1. The Bertz CT molecular complexity index is 1430. The van der Waals surface area contributed by atoms with Gasteiger partial charge in [-0.1, -0.05) is 29.8 Å². The Morgan fingerprint density at radius 3 is 2.64 bits per heavy atom. The zero-order valence-corrected chi connectivity index (χ0v) is 18.8. The quantitative estimate of drug-likeness (QED) is 0.326. The molecule has 8 heteroatoms. The second kappa shape index (κ2) is 9.34. The number of pyridine rings is 2. The van der Waals surface area contributed by atoms with E-state index in [2.05, 4.69) is 27.0 Å². The summed E-state index contributed by atoms with van der Waals surface area (Å²) in [7, 11) is 1.63. The van der Waals surface area contributed by atoms with Crippen molar-refractivity contribution in [3.8, 4) is 5.69 Å². The summed E-state index contributed by atoms with van der Waals surface area (Å²) in [6, 6.07) is 16.5. The highest BCUT2D eigenvalue weighted by atomic mass is 35.5. The molecule has 166 valence electrons. The highest BCUT2D eigenvalue weighted by Crippen LogP contribution is 2.28. The summed E-state index contributed by atoms with van der Waals surface area (Å²) < 4.78 is 16.3. The van der Waals surface area contributed by atoms with Gasteiger partial charge in [0.15, 0.2) is 0 Å². The molecule has 1 N–H and O–H groups in total. The number of fused-ring (bicyclic) bond motifs is 1. The van der Waals surface area contributed by atoms with E-state index < -0.39 is 17.4 Å². The van der Waals surface area contributed by atoms with E-state index in [1.165, 1.54) is 16.7 Å². The van der Waals surface area contributed by atoms with Gasteiger partial charge in [-0.15, -0.1) is 0 Å². The molecule has 0 radical (unpaired) electrons. The first-order chi connectivity index (χ1) is 16.0. The van der Waals surface area contributed by atoms with Crippen LogP contribution in [0.4, 0.5) is 10.1 Å². The molecular weight excluding hydrogens is 441 g/mol. The second-order valence-electron chi connectivity index (χ2n) is 7.33. The lowest BCUT2D eigenvalue weighted by Crippen LogP contribution is -2.33. The lowest BCUT2D eigenvalue weighted by molar-refractivity contribution is 0.635. The number of aromatic nitrogens is 2. The number of hydrogen-bond donors (Lipinski definition) is 1. The maximum Gasteiger partial charge on any atom is 0.264 e. The number of aliphatic imine (C=N–C) groups is 2. The number of amidine groups is 1. The van der Waals surface area contributed by atoms with E-state index in [0.29, 0.717) is 28.6 Å². The van der Waals surface area contributed by atoms with Crippen molar-refractivity contribution in [3.05, 3.63) is 99.4 Å². The number of halogens is 2. The Balaban J connectivity index is 1.91. The van der Waals surface area contributed by atoms with Crippen molar-refractivity contribution in [3.63, 3.8) is 0 Å². The van der Waals surface area contributed by atoms with Crippen molar-refractivity contribution < 1.29 is 4.39 Å². The van der Waals surface area contributed by atoms with Gasteiger partial charge in [-0.05, 0) is 56.1 Å². The molecule has 2 aromatic carbocycles. The van der Waals surface area contributed by atoms with Crippen molar-refractivity contribution in [2.75, 3.05) is 7.05 Å². The molecule has 4 rings (SSSR count). The maximum atomic E-state index is 14.7. The predicted octanol–water partition coefficient (Wildman–Crippen LogP) is 5.24. The Morgan fingerprint density at radius 2 is 1.94 bits per heavy atom. The third-order valence-corrected chi connectivity index (χ3v) is 5.64. The van der Waals surface area contributed by atoms with E-state index in [9.17, 15) is 9.18 Å². The number of para-hydroxylation sites is 1. The number of hydrogen-bond acceptors (Lipinski definition) is 4. The minimum absolute atomic E-state index is 0.128. The van der Waals surface area contributed by atoms with E-state index >= 15 is 0 Å². The van der Waals surface area contributed by atoms with E-state index in [1.807, 2.05) is 37.3 Å². The van der Waals surface area contributed by atoms with Gasteiger partial charge in [-0.2, -0.15) is 0 Å². The number of rotatable bonds is 5. The van der Waals surface area contributed by atoms with Crippen LogP contribution in [-0.2, 0) is 0 Å². The molecule has 0 aliphatic heterocycles. The van der Waals surface area contributed by atoms with E-state index in [0.717, 1.165) is 0 Å². The van der Waals surface area contributed by atoms with Gasteiger partial charge in [0.25, 0.3) is 5.56 Å². The highest BCUT2D eigenvalue weighted by Gasteiger charge is 2.21. The van der Waals surface area contributed by atoms with Crippen LogP contribution in [-0.4, -0.2) is 29.2 Å². The Kier molecular flexibility index (Phi) is 6.33. The molecule has 4 aromatic rings. The smallest absolute Gasteiger partial charge is 0.264 e. The van der Waals surface area contributed by atoms with Crippen molar-refractivity contribution in [1.82, 2.24) is 14.9 Å². The van der Waals surface area contributed by atoms with Gasteiger partial charge in [0, 0.05) is 30.0 Å². The van der Waals surface area contributed by atoms with Gasteiger partial charge < -0.3 is 5.32 Å².